The van der Waals surface area contributed by atoms with E-state index in [1.165, 1.54) is 6.08 Å². The fraction of sp³-hybridized carbons (Fsp3) is 0.733. The molecule has 0 bridgehead atoms. The molecule has 0 fully saturated rings. The Morgan fingerprint density at radius 2 is 1.75 bits per heavy atom. The van der Waals surface area contributed by atoms with E-state index in [0.29, 0.717) is 13.0 Å². The summed E-state index contributed by atoms with van der Waals surface area (Å²) in [5.74, 6) is -1.18. The van der Waals surface area contributed by atoms with Crippen LogP contribution in [0.5, 0.6) is 0 Å². The molecule has 0 aliphatic carbocycles. The monoisotopic (exact) mass is 286 g/mol. The Morgan fingerprint density at radius 1 is 1.10 bits per heavy atom. The molecule has 5 nitrogen and oxygen atoms in total. The number of ether oxygens (including phenoxy) is 1. The highest BCUT2D eigenvalue weighted by atomic mass is 17.2. The molecule has 0 aliphatic heterocycles. The largest absolute Gasteiger partial charge is 0.457 e. The van der Waals surface area contributed by atoms with Crippen molar-refractivity contribution >= 4 is 11.9 Å². The molecule has 0 N–H and O–H groups in total. The van der Waals surface area contributed by atoms with Gasteiger partial charge in [0.1, 0.15) is 5.60 Å². The van der Waals surface area contributed by atoms with Gasteiger partial charge in [-0.3, -0.25) is 4.89 Å². The van der Waals surface area contributed by atoms with Crippen LogP contribution in [-0.4, -0.2) is 24.1 Å². The molecule has 0 spiro atoms. The standard InChI is InChI=1S/C15H26O5/c1-6-8-10-18-20-14(17)12(9-7-2)11-13(16)19-15(3,4)5/h11H,6-10H2,1-5H3/b12-11+. The van der Waals surface area contributed by atoms with Crippen LogP contribution in [0.3, 0.4) is 0 Å². The zero-order chi connectivity index (χ0) is 15.6. The molecule has 5 heteroatoms. The molecule has 0 aromatic heterocycles. The summed E-state index contributed by atoms with van der Waals surface area (Å²) >= 11 is 0. The first-order chi connectivity index (χ1) is 9.30. The summed E-state index contributed by atoms with van der Waals surface area (Å²) in [6, 6.07) is 0. The van der Waals surface area contributed by atoms with Gasteiger partial charge >= 0.3 is 11.9 Å². The van der Waals surface area contributed by atoms with Crippen molar-refractivity contribution in [3.8, 4) is 0 Å². The van der Waals surface area contributed by atoms with Crippen molar-refractivity contribution in [1.82, 2.24) is 0 Å². The van der Waals surface area contributed by atoms with Gasteiger partial charge in [-0.2, -0.15) is 4.89 Å². The summed E-state index contributed by atoms with van der Waals surface area (Å²) in [5.41, 5.74) is -0.329. The molecule has 0 aromatic carbocycles. The number of esters is 1. The van der Waals surface area contributed by atoms with E-state index in [-0.39, 0.29) is 5.57 Å². The van der Waals surface area contributed by atoms with Crippen LogP contribution in [0, 0.1) is 0 Å². The van der Waals surface area contributed by atoms with Crippen LogP contribution in [0.4, 0.5) is 0 Å². The van der Waals surface area contributed by atoms with E-state index in [0.717, 1.165) is 19.3 Å². The normalized spacial score (nSPS) is 12.2. The summed E-state index contributed by atoms with van der Waals surface area (Å²) in [6.07, 6.45) is 4.10. The molecule has 116 valence electrons. The zero-order valence-electron chi connectivity index (χ0n) is 13.2. The van der Waals surface area contributed by atoms with Crippen LogP contribution in [0.2, 0.25) is 0 Å². The third-order valence-corrected chi connectivity index (χ3v) is 2.20. The molecule has 0 atom stereocenters. The Morgan fingerprint density at radius 3 is 2.25 bits per heavy atom. The van der Waals surface area contributed by atoms with Gasteiger partial charge in [0.05, 0.1) is 6.61 Å². The SMILES string of the molecule is CCCCOOC(=O)/C(=C/C(=O)OC(C)(C)C)CCC. The molecule has 0 amide bonds. The van der Waals surface area contributed by atoms with E-state index in [2.05, 4.69) is 4.89 Å². The number of carbonyl (C=O) groups is 2. The van der Waals surface area contributed by atoms with Crippen molar-refractivity contribution in [3.63, 3.8) is 0 Å². The molecule has 0 heterocycles. The van der Waals surface area contributed by atoms with Gasteiger partial charge in [-0.05, 0) is 33.6 Å². The van der Waals surface area contributed by atoms with Crippen LogP contribution >= 0.6 is 0 Å². The number of unbranched alkanes of at least 4 members (excludes halogenated alkanes) is 1. The molecule has 0 saturated carbocycles. The topological polar surface area (TPSA) is 61.8 Å². The van der Waals surface area contributed by atoms with Crippen molar-refractivity contribution in [2.75, 3.05) is 6.61 Å². The molecule has 0 aromatic rings. The average molecular weight is 286 g/mol. The molecule has 0 unspecified atom stereocenters. The highest BCUT2D eigenvalue weighted by Gasteiger charge is 2.18. The highest BCUT2D eigenvalue weighted by molar-refractivity contribution is 5.96. The molecule has 20 heavy (non-hydrogen) atoms. The first-order valence-corrected chi connectivity index (χ1v) is 7.07. The summed E-state index contributed by atoms with van der Waals surface area (Å²) in [5, 5.41) is 0. The molecular formula is C15H26O5. The number of hydrogen-bond donors (Lipinski definition) is 0. The Bertz CT molecular complexity index is 339. The third kappa shape index (κ3) is 9.55. The Kier molecular flexibility index (Phi) is 8.88. The minimum atomic E-state index is -0.631. The van der Waals surface area contributed by atoms with E-state index in [4.69, 9.17) is 9.62 Å². The number of hydrogen-bond acceptors (Lipinski definition) is 5. The smallest absolute Gasteiger partial charge is 0.369 e. The van der Waals surface area contributed by atoms with E-state index in [1.54, 1.807) is 20.8 Å². The van der Waals surface area contributed by atoms with Gasteiger partial charge in [0.25, 0.3) is 0 Å². The van der Waals surface area contributed by atoms with E-state index in [9.17, 15) is 9.59 Å². The van der Waals surface area contributed by atoms with Gasteiger partial charge in [-0.15, -0.1) is 0 Å². The quantitative estimate of drug-likeness (QED) is 0.225. The molecule has 0 rings (SSSR count). The minimum Gasteiger partial charge on any atom is -0.457 e. The Labute approximate surface area is 121 Å². The lowest BCUT2D eigenvalue weighted by atomic mass is 10.1. The molecule has 0 saturated heterocycles. The van der Waals surface area contributed by atoms with Gasteiger partial charge in [-0.25, -0.2) is 9.59 Å². The van der Waals surface area contributed by atoms with Gasteiger partial charge < -0.3 is 4.74 Å². The Hall–Kier alpha value is -1.36. The maximum atomic E-state index is 11.8. The predicted molar refractivity (Wildman–Crippen MR) is 75.8 cm³/mol. The van der Waals surface area contributed by atoms with Crippen molar-refractivity contribution in [2.24, 2.45) is 0 Å². The van der Waals surface area contributed by atoms with Crippen molar-refractivity contribution < 1.29 is 24.1 Å². The lowest BCUT2D eigenvalue weighted by Crippen LogP contribution is -2.23. The van der Waals surface area contributed by atoms with Crippen LogP contribution in [-0.2, 0) is 24.1 Å². The number of carbonyl (C=O) groups excluding carboxylic acids is 2. The first kappa shape index (κ1) is 18.6. The zero-order valence-corrected chi connectivity index (χ0v) is 13.2. The van der Waals surface area contributed by atoms with Gasteiger partial charge in [0.15, 0.2) is 0 Å². The van der Waals surface area contributed by atoms with Crippen LogP contribution in [0.15, 0.2) is 11.6 Å². The van der Waals surface area contributed by atoms with Crippen LogP contribution < -0.4 is 0 Å². The van der Waals surface area contributed by atoms with E-state index in [1.807, 2.05) is 13.8 Å². The lowest BCUT2D eigenvalue weighted by molar-refractivity contribution is -0.268. The van der Waals surface area contributed by atoms with Crippen molar-refractivity contribution in [3.05, 3.63) is 11.6 Å². The predicted octanol–water partition coefficient (Wildman–Crippen LogP) is 3.33. The van der Waals surface area contributed by atoms with Gasteiger partial charge in [0, 0.05) is 11.6 Å². The first-order valence-electron chi connectivity index (χ1n) is 7.07. The maximum Gasteiger partial charge on any atom is 0.369 e. The van der Waals surface area contributed by atoms with E-state index < -0.39 is 17.5 Å². The molecular weight excluding hydrogens is 260 g/mol. The maximum absolute atomic E-state index is 11.8. The number of rotatable bonds is 8. The third-order valence-electron chi connectivity index (χ3n) is 2.20. The highest BCUT2D eigenvalue weighted by Crippen LogP contribution is 2.12. The summed E-state index contributed by atoms with van der Waals surface area (Å²) in [6.45, 7) is 9.58. The van der Waals surface area contributed by atoms with Crippen molar-refractivity contribution in [1.29, 1.82) is 0 Å². The van der Waals surface area contributed by atoms with E-state index >= 15 is 0 Å². The minimum absolute atomic E-state index is 0.262. The summed E-state index contributed by atoms with van der Waals surface area (Å²) < 4.78 is 5.14. The lowest BCUT2D eigenvalue weighted by Gasteiger charge is -2.18. The van der Waals surface area contributed by atoms with Crippen LogP contribution in [0.25, 0.3) is 0 Å². The average Bonchev–Trinajstić information content (AvgIpc) is 2.31. The van der Waals surface area contributed by atoms with Gasteiger partial charge in [-0.1, -0.05) is 26.7 Å². The van der Waals surface area contributed by atoms with Crippen LogP contribution in [0.1, 0.15) is 60.3 Å². The summed E-state index contributed by atoms with van der Waals surface area (Å²) in [7, 11) is 0. The second-order valence-corrected chi connectivity index (χ2v) is 5.50. The second kappa shape index (κ2) is 9.53. The Balaban J connectivity index is 4.53. The molecule has 0 aliphatic rings. The fourth-order valence-corrected chi connectivity index (χ4v) is 1.33. The fourth-order valence-electron chi connectivity index (χ4n) is 1.33. The van der Waals surface area contributed by atoms with Gasteiger partial charge in [0.2, 0.25) is 0 Å². The second-order valence-electron chi connectivity index (χ2n) is 5.50. The molecule has 0 radical (unpaired) electrons. The summed E-state index contributed by atoms with van der Waals surface area (Å²) in [4.78, 5) is 32.9. The van der Waals surface area contributed by atoms with Crippen molar-refractivity contribution in [2.45, 2.75) is 65.9 Å².